The van der Waals surface area contributed by atoms with E-state index in [9.17, 15) is 4.79 Å². The fourth-order valence-electron chi connectivity index (χ4n) is 5.52. The quantitative estimate of drug-likeness (QED) is 0.715. The van der Waals surface area contributed by atoms with Crippen molar-refractivity contribution in [3.05, 3.63) is 65.7 Å². The number of hydrogen-bond donors (Lipinski definition) is 0. The molecule has 0 aromatic heterocycles. The monoisotopic (exact) mass is 390 g/mol. The van der Waals surface area contributed by atoms with Gasteiger partial charge in [-0.2, -0.15) is 0 Å². The normalized spacial score (nSPS) is 24.9. The van der Waals surface area contributed by atoms with Gasteiger partial charge in [0.05, 0.1) is 6.54 Å². The van der Waals surface area contributed by atoms with E-state index in [0.717, 1.165) is 31.1 Å². The minimum Gasteiger partial charge on any atom is -0.305 e. The molecular weight excluding hydrogens is 356 g/mol. The van der Waals surface area contributed by atoms with E-state index >= 15 is 0 Å². The number of carbonyl (C=O) groups excluding carboxylic acids is 1. The summed E-state index contributed by atoms with van der Waals surface area (Å²) in [7, 11) is 0. The highest BCUT2D eigenvalue weighted by Gasteiger charge is 2.47. The number of para-hydroxylation sites is 1. The molecule has 2 aromatic carbocycles. The highest BCUT2D eigenvalue weighted by Crippen LogP contribution is 2.50. The number of piperidine rings is 1. The van der Waals surface area contributed by atoms with Gasteiger partial charge in [-0.05, 0) is 69.3 Å². The van der Waals surface area contributed by atoms with E-state index in [4.69, 9.17) is 0 Å². The van der Waals surface area contributed by atoms with E-state index in [0.29, 0.717) is 6.54 Å². The van der Waals surface area contributed by atoms with Crippen LogP contribution in [0.5, 0.6) is 0 Å². The largest absolute Gasteiger partial charge is 0.305 e. The molecule has 2 aliphatic heterocycles. The van der Waals surface area contributed by atoms with Gasteiger partial charge in [0.15, 0.2) is 0 Å². The molecule has 0 spiro atoms. The van der Waals surface area contributed by atoms with E-state index in [1.165, 1.54) is 24.0 Å². The first-order chi connectivity index (χ1) is 13.8. The molecule has 0 aliphatic carbocycles. The zero-order valence-corrected chi connectivity index (χ0v) is 18.3. The Bertz CT molecular complexity index is 867. The van der Waals surface area contributed by atoms with E-state index in [1.807, 2.05) is 0 Å². The summed E-state index contributed by atoms with van der Waals surface area (Å²) in [6.45, 7) is 11.7. The van der Waals surface area contributed by atoms with Crippen LogP contribution in [0.2, 0.25) is 0 Å². The Morgan fingerprint density at radius 3 is 2.28 bits per heavy atom. The van der Waals surface area contributed by atoms with Crippen LogP contribution in [-0.2, 0) is 10.2 Å². The molecule has 2 aliphatic rings. The molecule has 0 bridgehead atoms. The topological polar surface area (TPSA) is 23.6 Å². The lowest BCUT2D eigenvalue weighted by atomic mass is 9.65. The second-order valence-corrected chi connectivity index (χ2v) is 9.89. The van der Waals surface area contributed by atoms with E-state index in [1.54, 1.807) is 0 Å². The Balaban J connectivity index is 1.70. The SMILES string of the molecule is CC1CCN(CC(=O)N2c3ccccc3C(C)(c3ccccc3)CC2(C)C)CC1. The Labute approximate surface area is 175 Å². The number of anilines is 1. The van der Waals surface area contributed by atoms with Crippen molar-refractivity contribution in [2.24, 2.45) is 5.92 Å². The van der Waals surface area contributed by atoms with Crippen molar-refractivity contribution in [3.63, 3.8) is 0 Å². The molecule has 1 fully saturated rings. The Morgan fingerprint density at radius 1 is 0.966 bits per heavy atom. The molecule has 154 valence electrons. The van der Waals surface area contributed by atoms with Gasteiger partial charge in [-0.15, -0.1) is 0 Å². The maximum absolute atomic E-state index is 13.6. The van der Waals surface area contributed by atoms with Crippen molar-refractivity contribution in [2.75, 3.05) is 24.5 Å². The van der Waals surface area contributed by atoms with Gasteiger partial charge in [-0.3, -0.25) is 9.69 Å². The van der Waals surface area contributed by atoms with Gasteiger partial charge in [0.25, 0.3) is 0 Å². The van der Waals surface area contributed by atoms with E-state index in [2.05, 4.69) is 92.1 Å². The zero-order valence-electron chi connectivity index (χ0n) is 18.3. The molecule has 4 rings (SSSR count). The number of hydrogen-bond acceptors (Lipinski definition) is 2. The summed E-state index contributed by atoms with van der Waals surface area (Å²) >= 11 is 0. The standard InChI is InChI=1S/C26H34N2O/c1-20-14-16-27(17-15-20)18-24(29)28-23-13-9-8-12-22(23)26(4,19-25(28,2)3)21-10-6-5-7-11-21/h5-13,20H,14-19H2,1-4H3. The predicted octanol–water partition coefficient (Wildman–Crippen LogP) is 5.24. The number of carbonyl (C=O) groups is 1. The summed E-state index contributed by atoms with van der Waals surface area (Å²) in [5.74, 6) is 1.01. The molecule has 0 saturated carbocycles. The number of rotatable bonds is 3. The van der Waals surface area contributed by atoms with Crippen LogP contribution in [-0.4, -0.2) is 36.0 Å². The lowest BCUT2D eigenvalue weighted by Gasteiger charge is -2.51. The van der Waals surface area contributed by atoms with Gasteiger partial charge in [0, 0.05) is 16.6 Å². The Morgan fingerprint density at radius 2 is 1.59 bits per heavy atom. The van der Waals surface area contributed by atoms with E-state index < -0.39 is 0 Å². The van der Waals surface area contributed by atoms with Crippen LogP contribution in [0.25, 0.3) is 0 Å². The summed E-state index contributed by atoms with van der Waals surface area (Å²) in [4.78, 5) is 18.0. The van der Waals surface area contributed by atoms with Crippen molar-refractivity contribution in [2.45, 2.75) is 57.9 Å². The van der Waals surface area contributed by atoms with E-state index in [-0.39, 0.29) is 16.9 Å². The summed E-state index contributed by atoms with van der Waals surface area (Å²) in [5.41, 5.74) is 3.28. The fraction of sp³-hybridized carbons (Fsp3) is 0.500. The van der Waals surface area contributed by atoms with Crippen LogP contribution in [0.4, 0.5) is 5.69 Å². The average Bonchev–Trinajstić information content (AvgIpc) is 2.70. The Kier molecular flexibility index (Phi) is 5.29. The number of likely N-dealkylation sites (tertiary alicyclic amines) is 1. The number of benzene rings is 2. The third kappa shape index (κ3) is 3.73. The molecule has 2 heterocycles. The van der Waals surface area contributed by atoms with Gasteiger partial charge in [-0.1, -0.05) is 62.4 Å². The molecule has 0 N–H and O–H groups in total. The molecule has 1 atom stereocenters. The van der Waals surface area contributed by atoms with Gasteiger partial charge in [0.1, 0.15) is 0 Å². The zero-order chi connectivity index (χ0) is 20.6. The van der Waals surface area contributed by atoms with Crippen LogP contribution in [0.3, 0.4) is 0 Å². The molecule has 1 amide bonds. The highest BCUT2D eigenvalue weighted by atomic mass is 16.2. The Hall–Kier alpha value is -2.13. The maximum Gasteiger partial charge on any atom is 0.241 e. The van der Waals surface area contributed by atoms with Crippen molar-refractivity contribution < 1.29 is 4.79 Å². The number of nitrogens with zero attached hydrogens (tertiary/aromatic N) is 2. The van der Waals surface area contributed by atoms with Crippen LogP contribution in [0.15, 0.2) is 54.6 Å². The molecule has 1 unspecified atom stereocenters. The van der Waals surface area contributed by atoms with Gasteiger partial charge >= 0.3 is 0 Å². The smallest absolute Gasteiger partial charge is 0.241 e. The van der Waals surface area contributed by atoms with Gasteiger partial charge in [-0.25, -0.2) is 0 Å². The molecule has 2 aromatic rings. The molecule has 0 radical (unpaired) electrons. The number of fused-ring (bicyclic) bond motifs is 1. The first kappa shape index (κ1) is 20.2. The summed E-state index contributed by atoms with van der Waals surface area (Å²) in [5, 5.41) is 0. The minimum absolute atomic E-state index is 0.112. The minimum atomic E-state index is -0.251. The van der Waals surface area contributed by atoms with Crippen LogP contribution in [0.1, 0.15) is 58.1 Å². The lowest BCUT2D eigenvalue weighted by molar-refractivity contribution is -0.121. The third-order valence-electron chi connectivity index (χ3n) is 7.03. The first-order valence-corrected chi connectivity index (χ1v) is 11.0. The molecule has 3 nitrogen and oxygen atoms in total. The number of amides is 1. The van der Waals surface area contributed by atoms with Crippen molar-refractivity contribution in [1.82, 2.24) is 4.90 Å². The summed E-state index contributed by atoms with van der Waals surface area (Å²) in [6.07, 6.45) is 3.29. The van der Waals surface area contributed by atoms with Gasteiger partial charge < -0.3 is 4.90 Å². The summed E-state index contributed by atoms with van der Waals surface area (Å²) in [6, 6.07) is 19.3. The second kappa shape index (κ2) is 7.60. The highest BCUT2D eigenvalue weighted by molar-refractivity contribution is 5.98. The van der Waals surface area contributed by atoms with Crippen LogP contribution < -0.4 is 4.90 Å². The van der Waals surface area contributed by atoms with Crippen molar-refractivity contribution in [3.8, 4) is 0 Å². The molecule has 29 heavy (non-hydrogen) atoms. The predicted molar refractivity (Wildman–Crippen MR) is 120 cm³/mol. The molecule has 3 heteroatoms. The van der Waals surface area contributed by atoms with Crippen molar-refractivity contribution >= 4 is 11.6 Å². The maximum atomic E-state index is 13.6. The first-order valence-electron chi connectivity index (χ1n) is 11.0. The van der Waals surface area contributed by atoms with Crippen LogP contribution >= 0.6 is 0 Å². The molecular formula is C26H34N2O. The second-order valence-electron chi connectivity index (χ2n) is 9.89. The van der Waals surface area contributed by atoms with Crippen LogP contribution in [0, 0.1) is 5.92 Å². The fourth-order valence-corrected chi connectivity index (χ4v) is 5.52. The molecule has 1 saturated heterocycles. The van der Waals surface area contributed by atoms with Gasteiger partial charge in [0.2, 0.25) is 5.91 Å². The third-order valence-corrected chi connectivity index (χ3v) is 7.03. The lowest BCUT2D eigenvalue weighted by Crippen LogP contribution is -2.58. The summed E-state index contributed by atoms with van der Waals surface area (Å²) < 4.78 is 0. The van der Waals surface area contributed by atoms with Crippen molar-refractivity contribution in [1.29, 1.82) is 0 Å². The average molecular weight is 391 g/mol.